The summed E-state index contributed by atoms with van der Waals surface area (Å²) < 4.78 is 2.88. The van der Waals surface area contributed by atoms with Crippen LogP contribution in [0.1, 0.15) is 44.9 Å². The highest BCUT2D eigenvalue weighted by atomic mass is 32.1. The number of aromatic nitrogens is 1. The van der Waals surface area contributed by atoms with Gasteiger partial charge in [-0.15, -0.1) is 0 Å². The number of thiocarbonyl (C=S) groups is 1. The van der Waals surface area contributed by atoms with Crippen molar-refractivity contribution in [2.75, 3.05) is 0 Å². The lowest BCUT2D eigenvalue weighted by molar-refractivity contribution is 0.316. The van der Waals surface area contributed by atoms with Gasteiger partial charge in [0.1, 0.15) is 10.5 Å². The highest BCUT2D eigenvalue weighted by Gasteiger charge is 2.37. The number of benzene rings is 1. The summed E-state index contributed by atoms with van der Waals surface area (Å²) in [6, 6.07) is 7.76. The first-order valence-electron chi connectivity index (χ1n) is 7.57. The van der Waals surface area contributed by atoms with Crippen LogP contribution < -0.4 is 11.3 Å². The highest BCUT2D eigenvalue weighted by Crippen LogP contribution is 2.35. The van der Waals surface area contributed by atoms with E-state index in [4.69, 9.17) is 18.0 Å². The number of hydrogen-bond donors (Lipinski definition) is 1. The van der Waals surface area contributed by atoms with Crippen LogP contribution in [0.25, 0.3) is 10.1 Å². The van der Waals surface area contributed by atoms with Gasteiger partial charge in [0.05, 0.1) is 10.1 Å². The molecule has 1 aromatic heterocycles. The minimum Gasteiger partial charge on any atom is -0.391 e. The molecule has 0 saturated heterocycles. The van der Waals surface area contributed by atoms with Crippen LogP contribution in [-0.2, 0) is 5.54 Å². The molecule has 0 aliphatic heterocycles. The summed E-state index contributed by atoms with van der Waals surface area (Å²) in [5.41, 5.74) is 5.72. The van der Waals surface area contributed by atoms with E-state index in [0.29, 0.717) is 4.99 Å². The van der Waals surface area contributed by atoms with Gasteiger partial charge in [-0.05, 0) is 25.0 Å². The monoisotopic (exact) mass is 320 g/mol. The van der Waals surface area contributed by atoms with E-state index in [2.05, 4.69) is 0 Å². The smallest absolute Gasteiger partial charge is 0.269 e. The molecule has 1 aliphatic carbocycles. The molecule has 21 heavy (non-hydrogen) atoms. The molecule has 1 aliphatic rings. The maximum atomic E-state index is 12.8. The Balaban J connectivity index is 2.16. The topological polar surface area (TPSA) is 48.0 Å². The van der Waals surface area contributed by atoms with E-state index < -0.39 is 5.54 Å². The quantitative estimate of drug-likeness (QED) is 0.857. The number of nitrogens with two attached hydrogens (primary N) is 1. The third-order valence-electron chi connectivity index (χ3n) is 4.52. The first-order valence-corrected chi connectivity index (χ1v) is 8.75. The lowest BCUT2D eigenvalue weighted by Crippen LogP contribution is -2.48. The van der Waals surface area contributed by atoms with Crippen molar-refractivity contribution in [3.05, 3.63) is 34.6 Å². The first kappa shape index (κ1) is 14.7. The van der Waals surface area contributed by atoms with Crippen LogP contribution in [0.5, 0.6) is 0 Å². The normalized spacial score (nSPS) is 19.0. The average Bonchev–Trinajstić information content (AvgIpc) is 2.77. The van der Waals surface area contributed by atoms with Crippen LogP contribution >= 0.6 is 23.8 Å². The maximum Gasteiger partial charge on any atom is 0.269 e. The Morgan fingerprint density at radius 3 is 2.38 bits per heavy atom. The Labute approximate surface area is 133 Å². The third-order valence-corrected chi connectivity index (χ3v) is 6.15. The predicted molar refractivity (Wildman–Crippen MR) is 93.2 cm³/mol. The lowest BCUT2D eigenvalue weighted by atomic mass is 9.84. The fraction of sp³-hybridized carbons (Fsp3) is 0.500. The van der Waals surface area contributed by atoms with E-state index in [0.717, 1.165) is 35.8 Å². The molecule has 5 heteroatoms. The van der Waals surface area contributed by atoms with E-state index in [1.807, 2.05) is 28.2 Å². The van der Waals surface area contributed by atoms with E-state index in [1.54, 1.807) is 0 Å². The van der Waals surface area contributed by atoms with Crippen molar-refractivity contribution >= 4 is 38.8 Å². The van der Waals surface area contributed by atoms with E-state index >= 15 is 0 Å². The fourth-order valence-electron chi connectivity index (χ4n) is 3.29. The van der Waals surface area contributed by atoms with Crippen molar-refractivity contribution in [1.82, 2.24) is 3.96 Å². The minimum atomic E-state index is -0.462. The Bertz CT molecular complexity index is 708. The zero-order valence-corrected chi connectivity index (χ0v) is 13.6. The second-order valence-corrected chi connectivity index (χ2v) is 7.28. The molecule has 112 valence electrons. The molecule has 3 nitrogen and oxygen atoms in total. The maximum absolute atomic E-state index is 12.8. The standard InChI is InChI=1S/C16H20N2OS2/c17-15(20)16(10-6-2-1-3-7-11-16)18-14(19)12-8-4-5-9-13(12)21-18/h4-5,8-9H,1-3,6-7,10-11H2,(H2,17,20). The highest BCUT2D eigenvalue weighted by molar-refractivity contribution is 7.80. The predicted octanol–water partition coefficient (Wildman–Crippen LogP) is 3.79. The van der Waals surface area contributed by atoms with Crippen molar-refractivity contribution in [2.45, 2.75) is 50.5 Å². The Morgan fingerprint density at radius 2 is 1.76 bits per heavy atom. The molecule has 0 bridgehead atoms. The van der Waals surface area contributed by atoms with Crippen LogP contribution in [0.4, 0.5) is 0 Å². The number of nitrogens with zero attached hydrogens (tertiary/aromatic N) is 1. The fourth-order valence-corrected chi connectivity index (χ4v) is 4.87. The van der Waals surface area contributed by atoms with Gasteiger partial charge in [-0.1, -0.05) is 68.0 Å². The van der Waals surface area contributed by atoms with Gasteiger partial charge in [0.25, 0.3) is 5.56 Å². The molecular weight excluding hydrogens is 300 g/mol. The third kappa shape index (κ3) is 2.53. The second-order valence-electron chi connectivity index (χ2n) is 5.85. The summed E-state index contributed by atoms with van der Waals surface area (Å²) in [5, 5.41) is 0.778. The van der Waals surface area contributed by atoms with Crippen LogP contribution in [0, 0.1) is 0 Å². The van der Waals surface area contributed by atoms with Crippen molar-refractivity contribution in [3.8, 4) is 0 Å². The average molecular weight is 320 g/mol. The molecule has 1 fully saturated rings. The molecule has 0 spiro atoms. The Kier molecular flexibility index (Phi) is 4.13. The van der Waals surface area contributed by atoms with Crippen LogP contribution in [0.3, 0.4) is 0 Å². The van der Waals surface area contributed by atoms with Crippen LogP contribution in [0.15, 0.2) is 29.1 Å². The summed E-state index contributed by atoms with van der Waals surface area (Å²) in [6.45, 7) is 0. The van der Waals surface area contributed by atoms with Crippen molar-refractivity contribution < 1.29 is 0 Å². The van der Waals surface area contributed by atoms with E-state index in [1.165, 1.54) is 30.8 Å². The Morgan fingerprint density at radius 1 is 1.14 bits per heavy atom. The molecule has 0 radical (unpaired) electrons. The van der Waals surface area contributed by atoms with Gasteiger partial charge in [0.15, 0.2) is 0 Å². The summed E-state index contributed by atoms with van der Waals surface area (Å²) in [4.78, 5) is 13.3. The van der Waals surface area contributed by atoms with Gasteiger partial charge in [-0.2, -0.15) is 0 Å². The van der Waals surface area contributed by atoms with Gasteiger partial charge in [0.2, 0.25) is 0 Å². The van der Waals surface area contributed by atoms with E-state index in [9.17, 15) is 4.79 Å². The molecule has 1 aromatic carbocycles. The molecular formula is C16H20N2OS2. The zero-order chi connectivity index (χ0) is 14.9. The van der Waals surface area contributed by atoms with Gasteiger partial charge in [-0.3, -0.25) is 4.79 Å². The van der Waals surface area contributed by atoms with Crippen LogP contribution in [-0.4, -0.2) is 8.95 Å². The molecule has 2 N–H and O–H groups in total. The lowest BCUT2D eigenvalue weighted by Gasteiger charge is -2.34. The van der Waals surface area contributed by atoms with E-state index in [-0.39, 0.29) is 5.56 Å². The molecule has 0 atom stereocenters. The van der Waals surface area contributed by atoms with Gasteiger partial charge < -0.3 is 5.73 Å². The number of hydrogen-bond acceptors (Lipinski definition) is 3. The zero-order valence-electron chi connectivity index (χ0n) is 12.0. The van der Waals surface area contributed by atoms with Gasteiger partial charge >= 0.3 is 0 Å². The molecule has 1 heterocycles. The SMILES string of the molecule is NC(=S)C1(n2sc3ccccc3c2=O)CCCCCCC1. The van der Waals surface area contributed by atoms with Crippen LogP contribution in [0.2, 0.25) is 0 Å². The second kappa shape index (κ2) is 5.89. The van der Waals surface area contributed by atoms with Gasteiger partial charge in [0, 0.05) is 0 Å². The summed E-state index contributed by atoms with van der Waals surface area (Å²) in [6.07, 6.45) is 7.60. The molecule has 0 unspecified atom stereocenters. The first-order chi connectivity index (χ1) is 10.1. The van der Waals surface area contributed by atoms with Crippen molar-refractivity contribution in [2.24, 2.45) is 5.73 Å². The van der Waals surface area contributed by atoms with Gasteiger partial charge in [-0.25, -0.2) is 3.96 Å². The minimum absolute atomic E-state index is 0.0592. The molecule has 0 amide bonds. The number of rotatable bonds is 2. The number of fused-ring (bicyclic) bond motifs is 1. The molecule has 3 rings (SSSR count). The summed E-state index contributed by atoms with van der Waals surface area (Å²) in [7, 11) is 0. The summed E-state index contributed by atoms with van der Waals surface area (Å²) in [5.74, 6) is 0. The molecule has 1 saturated carbocycles. The van der Waals surface area contributed by atoms with Crippen molar-refractivity contribution in [3.63, 3.8) is 0 Å². The largest absolute Gasteiger partial charge is 0.391 e. The van der Waals surface area contributed by atoms with Crippen molar-refractivity contribution in [1.29, 1.82) is 0 Å². The summed E-state index contributed by atoms with van der Waals surface area (Å²) >= 11 is 6.91. The Hall–Kier alpha value is -1.20. The molecule has 2 aromatic rings.